The third-order valence-corrected chi connectivity index (χ3v) is 16.8. The number of benzene rings is 6. The molecule has 0 aliphatic heterocycles. The van der Waals surface area contributed by atoms with Gasteiger partial charge in [-0.1, -0.05) is 152 Å². The maximum absolute atomic E-state index is 2.50. The zero-order valence-electron chi connectivity index (χ0n) is 33.4. The molecule has 0 saturated carbocycles. The summed E-state index contributed by atoms with van der Waals surface area (Å²) in [6, 6.07) is 47.1. The second-order valence-corrected chi connectivity index (χ2v) is 21.1. The first-order valence-corrected chi connectivity index (χ1v) is 21.8. The standard InChI is InChI=1S/C54H44S2/c1-51(2)39-15-11-9-13-31(39)35-21-23-37-33-19-17-29(25-41(33)53(5,6)49(37)47(35)51)43-27-45-46(55-43)28-44(56-45)30-18-20-34-38-24-22-36-32-14-10-12-16-40(32)52(3,4)48(36)50(38)54(7,8)42(34)26-30/h9-28H,1-8H3. The molecule has 0 unspecified atom stereocenters. The van der Waals surface area contributed by atoms with E-state index in [1.807, 2.05) is 22.7 Å². The first-order chi connectivity index (χ1) is 26.8. The molecule has 4 aliphatic rings. The van der Waals surface area contributed by atoms with Crippen LogP contribution in [-0.4, -0.2) is 0 Å². The molecule has 56 heavy (non-hydrogen) atoms. The van der Waals surface area contributed by atoms with Crippen LogP contribution in [0.5, 0.6) is 0 Å². The largest absolute Gasteiger partial charge is 0.134 e. The van der Waals surface area contributed by atoms with Crippen LogP contribution in [0, 0.1) is 0 Å². The van der Waals surface area contributed by atoms with Crippen molar-refractivity contribution in [2.24, 2.45) is 0 Å². The van der Waals surface area contributed by atoms with Gasteiger partial charge in [0.15, 0.2) is 0 Å². The minimum absolute atomic E-state index is 0.0304. The SMILES string of the molecule is CC1(C)c2ccccc2-c2ccc3c(c21)C(C)(C)c1cc(-c2cc4sc(-c5ccc6c(c5)C(C)(C)c5c-6ccc6c5C(C)(C)c5ccccc5-6)cc4s2)ccc1-3. The van der Waals surface area contributed by atoms with Gasteiger partial charge in [0.2, 0.25) is 0 Å². The zero-order chi connectivity index (χ0) is 38.3. The monoisotopic (exact) mass is 756 g/mol. The number of fused-ring (bicyclic) bond motifs is 15. The highest BCUT2D eigenvalue weighted by atomic mass is 32.1. The van der Waals surface area contributed by atoms with Crippen molar-refractivity contribution in [1.29, 1.82) is 0 Å². The van der Waals surface area contributed by atoms with E-state index >= 15 is 0 Å². The first kappa shape index (κ1) is 33.2. The lowest BCUT2D eigenvalue weighted by molar-refractivity contribution is 0.601. The van der Waals surface area contributed by atoms with E-state index in [1.54, 1.807) is 0 Å². The van der Waals surface area contributed by atoms with Crippen molar-refractivity contribution in [3.63, 3.8) is 0 Å². The topological polar surface area (TPSA) is 0 Å². The quantitative estimate of drug-likeness (QED) is 0.165. The molecule has 4 aliphatic carbocycles. The minimum Gasteiger partial charge on any atom is -0.134 e. The summed E-state index contributed by atoms with van der Waals surface area (Å²) in [6.07, 6.45) is 0. The van der Waals surface area contributed by atoms with Crippen molar-refractivity contribution in [1.82, 2.24) is 0 Å². The van der Waals surface area contributed by atoms with Crippen LogP contribution in [-0.2, 0) is 21.7 Å². The van der Waals surface area contributed by atoms with E-state index in [0.29, 0.717) is 0 Å². The summed E-state index contributed by atoms with van der Waals surface area (Å²) >= 11 is 3.88. The summed E-state index contributed by atoms with van der Waals surface area (Å²) in [5.41, 5.74) is 25.5. The Morgan fingerprint density at radius 2 is 0.607 bits per heavy atom. The van der Waals surface area contributed by atoms with Gasteiger partial charge in [-0.3, -0.25) is 0 Å². The van der Waals surface area contributed by atoms with Gasteiger partial charge in [-0.05, 0) is 124 Å². The van der Waals surface area contributed by atoms with Gasteiger partial charge in [-0.15, -0.1) is 22.7 Å². The molecule has 6 aromatic carbocycles. The molecule has 0 fully saturated rings. The molecule has 8 aromatic rings. The Hall–Kier alpha value is -5.02. The highest BCUT2D eigenvalue weighted by Gasteiger charge is 2.47. The van der Waals surface area contributed by atoms with Crippen molar-refractivity contribution >= 4 is 32.1 Å². The fourth-order valence-electron chi connectivity index (χ4n) is 11.8. The van der Waals surface area contributed by atoms with E-state index in [9.17, 15) is 0 Å². The van der Waals surface area contributed by atoms with Gasteiger partial charge in [0.1, 0.15) is 0 Å². The fourth-order valence-corrected chi connectivity index (χ4v) is 14.2. The lowest BCUT2D eigenvalue weighted by Crippen LogP contribution is -2.24. The smallest absolute Gasteiger partial charge is 0.0463 e. The normalized spacial score (nSPS) is 17.5. The molecule has 0 radical (unpaired) electrons. The molecule has 0 nitrogen and oxygen atoms in total. The molecule has 272 valence electrons. The Bertz CT molecular complexity index is 2840. The lowest BCUT2D eigenvalue weighted by atomic mass is 9.72. The average molecular weight is 757 g/mol. The van der Waals surface area contributed by atoms with Crippen LogP contribution in [0.15, 0.2) is 121 Å². The number of hydrogen-bond acceptors (Lipinski definition) is 2. The first-order valence-electron chi connectivity index (χ1n) is 20.2. The highest BCUT2D eigenvalue weighted by Crippen LogP contribution is 2.61. The van der Waals surface area contributed by atoms with Crippen LogP contribution in [0.2, 0.25) is 0 Å². The summed E-state index contributed by atoms with van der Waals surface area (Å²) in [7, 11) is 0. The molecule has 0 amide bonds. The van der Waals surface area contributed by atoms with Crippen LogP contribution in [0.4, 0.5) is 0 Å². The molecule has 2 heterocycles. The maximum atomic E-state index is 2.50. The molecule has 0 N–H and O–H groups in total. The Balaban J connectivity index is 0.893. The Labute approximate surface area is 338 Å². The van der Waals surface area contributed by atoms with Crippen LogP contribution in [0.3, 0.4) is 0 Å². The predicted molar refractivity (Wildman–Crippen MR) is 241 cm³/mol. The van der Waals surface area contributed by atoms with E-state index in [2.05, 4.69) is 177 Å². The Morgan fingerprint density at radius 3 is 0.982 bits per heavy atom. The van der Waals surface area contributed by atoms with Gasteiger partial charge >= 0.3 is 0 Å². The van der Waals surface area contributed by atoms with Crippen molar-refractivity contribution in [2.45, 2.75) is 77.0 Å². The summed E-state index contributed by atoms with van der Waals surface area (Å²) < 4.78 is 2.75. The van der Waals surface area contributed by atoms with E-state index in [4.69, 9.17) is 0 Å². The van der Waals surface area contributed by atoms with Crippen LogP contribution in [0.1, 0.15) is 99.9 Å². The van der Waals surface area contributed by atoms with E-state index in [0.717, 1.165) is 0 Å². The molecular weight excluding hydrogens is 713 g/mol. The molecule has 12 rings (SSSR count). The van der Waals surface area contributed by atoms with E-state index in [1.165, 1.54) is 119 Å². The number of thiophene rings is 2. The summed E-state index contributed by atoms with van der Waals surface area (Å²) in [4.78, 5) is 2.71. The third kappa shape index (κ3) is 3.95. The van der Waals surface area contributed by atoms with Crippen LogP contribution < -0.4 is 0 Å². The highest BCUT2D eigenvalue weighted by molar-refractivity contribution is 7.31. The predicted octanol–water partition coefficient (Wildman–Crippen LogP) is 15.5. The number of rotatable bonds is 2. The molecule has 0 atom stereocenters. The summed E-state index contributed by atoms with van der Waals surface area (Å²) in [6.45, 7) is 19.5. The van der Waals surface area contributed by atoms with Crippen LogP contribution in [0.25, 0.3) is 74.8 Å². The van der Waals surface area contributed by atoms with E-state index in [-0.39, 0.29) is 21.7 Å². The van der Waals surface area contributed by atoms with Crippen molar-refractivity contribution < 1.29 is 0 Å². The molecular formula is C54H44S2. The van der Waals surface area contributed by atoms with Gasteiger partial charge in [0.25, 0.3) is 0 Å². The van der Waals surface area contributed by atoms with Gasteiger partial charge < -0.3 is 0 Å². The van der Waals surface area contributed by atoms with Gasteiger partial charge in [-0.25, -0.2) is 0 Å². The van der Waals surface area contributed by atoms with Crippen LogP contribution >= 0.6 is 22.7 Å². The van der Waals surface area contributed by atoms with Crippen molar-refractivity contribution in [2.75, 3.05) is 0 Å². The minimum atomic E-state index is -0.0893. The second-order valence-electron chi connectivity index (χ2n) is 18.9. The average Bonchev–Trinajstić information content (AvgIpc) is 3.98. The molecule has 2 aromatic heterocycles. The molecule has 0 saturated heterocycles. The lowest BCUT2D eigenvalue weighted by Gasteiger charge is -2.30. The van der Waals surface area contributed by atoms with Crippen molar-refractivity contribution in [3.8, 4) is 65.4 Å². The van der Waals surface area contributed by atoms with Gasteiger partial charge in [0, 0.05) is 40.8 Å². The Morgan fingerprint density at radius 1 is 0.304 bits per heavy atom. The zero-order valence-corrected chi connectivity index (χ0v) is 35.0. The third-order valence-electron chi connectivity index (χ3n) is 14.4. The van der Waals surface area contributed by atoms with Gasteiger partial charge in [-0.2, -0.15) is 0 Å². The fraction of sp³-hybridized carbons (Fsp3) is 0.222. The summed E-state index contributed by atoms with van der Waals surface area (Å²) in [5, 5.41) is 0. The maximum Gasteiger partial charge on any atom is 0.0463 e. The van der Waals surface area contributed by atoms with Crippen molar-refractivity contribution in [3.05, 3.63) is 166 Å². The number of hydrogen-bond donors (Lipinski definition) is 0. The summed E-state index contributed by atoms with van der Waals surface area (Å²) in [5.74, 6) is 0. The second kappa shape index (κ2) is 10.5. The molecule has 0 spiro atoms. The van der Waals surface area contributed by atoms with E-state index < -0.39 is 0 Å². The molecule has 0 bridgehead atoms. The van der Waals surface area contributed by atoms with Gasteiger partial charge in [0.05, 0.1) is 0 Å². The molecule has 2 heteroatoms. The Kier molecular flexibility index (Phi) is 6.20.